The van der Waals surface area contributed by atoms with E-state index in [0.29, 0.717) is 23.9 Å². The Morgan fingerprint density at radius 3 is 2.74 bits per heavy atom. The highest BCUT2D eigenvalue weighted by atomic mass is 16.5. The van der Waals surface area contributed by atoms with Gasteiger partial charge in [-0.15, -0.1) is 5.10 Å². The summed E-state index contributed by atoms with van der Waals surface area (Å²) in [7, 11) is 1.59. The van der Waals surface area contributed by atoms with Crippen molar-refractivity contribution in [2.24, 2.45) is 15.7 Å². The maximum atomic E-state index is 9.03. The second-order valence-corrected chi connectivity index (χ2v) is 6.33. The third kappa shape index (κ3) is 4.17. The van der Waals surface area contributed by atoms with Gasteiger partial charge >= 0.3 is 0 Å². The van der Waals surface area contributed by atoms with Gasteiger partial charge < -0.3 is 20.3 Å². The lowest BCUT2D eigenvalue weighted by Crippen LogP contribution is -2.33. The summed E-state index contributed by atoms with van der Waals surface area (Å²) in [5.74, 6) is 1.11. The summed E-state index contributed by atoms with van der Waals surface area (Å²) in [6.45, 7) is 4.23. The van der Waals surface area contributed by atoms with Gasteiger partial charge in [0.15, 0.2) is 5.82 Å². The van der Waals surface area contributed by atoms with Crippen molar-refractivity contribution >= 4 is 18.4 Å². The Kier molecular flexibility index (Phi) is 6.20. The number of aromatic nitrogens is 2. The minimum atomic E-state index is -0.120. The van der Waals surface area contributed by atoms with E-state index in [2.05, 4.69) is 21.8 Å². The summed E-state index contributed by atoms with van der Waals surface area (Å²) in [5, 5.41) is 13.5. The molecule has 0 spiro atoms. The predicted molar refractivity (Wildman–Crippen MR) is 104 cm³/mol. The largest absolute Gasteiger partial charge is 0.474 e. The van der Waals surface area contributed by atoms with Gasteiger partial charge in [0.1, 0.15) is 18.0 Å². The molecule has 3 rings (SSSR count). The van der Waals surface area contributed by atoms with Crippen molar-refractivity contribution in [2.75, 3.05) is 20.3 Å². The second-order valence-electron chi connectivity index (χ2n) is 6.33. The Morgan fingerprint density at radius 1 is 1.37 bits per heavy atom. The SMILES string of the molecule is C=Nc1c(C(N)=NC)c(OCCO)nn1C1CC(OCc2ccccc2)C1. The molecule has 1 aromatic carbocycles. The van der Waals surface area contributed by atoms with Crippen molar-refractivity contribution in [3.05, 3.63) is 41.5 Å². The molecule has 3 N–H and O–H groups in total. The van der Waals surface area contributed by atoms with E-state index in [4.69, 9.17) is 20.3 Å². The van der Waals surface area contributed by atoms with Gasteiger partial charge in [0.05, 0.1) is 25.4 Å². The number of ether oxygens (including phenoxy) is 2. The smallest absolute Gasteiger partial charge is 0.246 e. The first-order valence-corrected chi connectivity index (χ1v) is 8.89. The first kappa shape index (κ1) is 19.1. The molecule has 1 aliphatic rings. The molecule has 1 aromatic heterocycles. The number of benzene rings is 1. The van der Waals surface area contributed by atoms with E-state index in [-0.39, 0.29) is 31.2 Å². The average Bonchev–Trinajstić information content (AvgIpc) is 3.03. The van der Waals surface area contributed by atoms with Crippen LogP contribution in [0.25, 0.3) is 0 Å². The maximum absolute atomic E-state index is 9.03. The normalized spacial score (nSPS) is 19.6. The van der Waals surface area contributed by atoms with Crippen LogP contribution in [0.1, 0.15) is 30.0 Å². The molecule has 8 nitrogen and oxygen atoms in total. The molecule has 1 fully saturated rings. The van der Waals surface area contributed by atoms with Crippen molar-refractivity contribution in [3.63, 3.8) is 0 Å². The number of hydrogen-bond acceptors (Lipinski definition) is 6. The molecule has 1 heterocycles. The summed E-state index contributed by atoms with van der Waals surface area (Å²) in [6.07, 6.45) is 1.80. The molecule has 1 saturated carbocycles. The van der Waals surface area contributed by atoms with E-state index < -0.39 is 0 Å². The van der Waals surface area contributed by atoms with Gasteiger partial charge in [-0.2, -0.15) is 0 Å². The highest BCUT2D eigenvalue weighted by Gasteiger charge is 2.35. The first-order chi connectivity index (χ1) is 13.2. The van der Waals surface area contributed by atoms with Crippen molar-refractivity contribution in [2.45, 2.75) is 31.6 Å². The molecule has 0 bridgehead atoms. The number of aliphatic imine (C=N–C) groups is 2. The standard InChI is InChI=1S/C19H25N5O3/c1-21-17(20)16-18(22-2)24(23-19(16)26-9-8-25)14-10-15(11-14)27-12-13-6-4-3-5-7-13/h3-7,14-15,25H,2,8-12H2,1H3,(H2,20,21). The minimum Gasteiger partial charge on any atom is -0.474 e. The number of hydrogen-bond donors (Lipinski definition) is 2. The summed E-state index contributed by atoms with van der Waals surface area (Å²) in [4.78, 5) is 8.11. The quantitative estimate of drug-likeness (QED) is 0.517. The molecule has 0 radical (unpaired) electrons. The molecule has 2 aromatic rings. The molecular formula is C19H25N5O3. The van der Waals surface area contributed by atoms with E-state index in [9.17, 15) is 0 Å². The van der Waals surface area contributed by atoms with E-state index in [1.807, 2.05) is 30.3 Å². The zero-order valence-corrected chi connectivity index (χ0v) is 15.4. The maximum Gasteiger partial charge on any atom is 0.246 e. The number of nitrogens with zero attached hydrogens (tertiary/aromatic N) is 4. The third-order valence-electron chi connectivity index (χ3n) is 4.57. The van der Waals surface area contributed by atoms with Crippen LogP contribution in [-0.2, 0) is 11.3 Å². The van der Waals surface area contributed by atoms with Gasteiger partial charge in [-0.1, -0.05) is 30.3 Å². The van der Waals surface area contributed by atoms with Crippen LogP contribution >= 0.6 is 0 Å². The summed E-state index contributed by atoms with van der Waals surface area (Å²) < 4.78 is 13.3. The monoisotopic (exact) mass is 371 g/mol. The van der Waals surface area contributed by atoms with E-state index in [1.165, 1.54) is 0 Å². The molecule has 8 heteroatoms. The number of rotatable bonds is 9. The Balaban J connectivity index is 1.70. The third-order valence-corrected chi connectivity index (χ3v) is 4.57. The Hall–Kier alpha value is -2.71. The first-order valence-electron chi connectivity index (χ1n) is 8.89. The summed E-state index contributed by atoms with van der Waals surface area (Å²) in [5.41, 5.74) is 7.66. The number of aliphatic hydroxyl groups is 1. The minimum absolute atomic E-state index is 0.116. The van der Waals surface area contributed by atoms with Gasteiger partial charge in [-0.3, -0.25) is 4.99 Å². The van der Waals surface area contributed by atoms with E-state index in [1.54, 1.807) is 11.7 Å². The van der Waals surface area contributed by atoms with E-state index >= 15 is 0 Å². The summed E-state index contributed by atoms with van der Waals surface area (Å²) >= 11 is 0. The van der Waals surface area contributed by atoms with Gasteiger partial charge in [0, 0.05) is 7.05 Å². The molecule has 0 aliphatic heterocycles. The molecule has 0 atom stereocenters. The van der Waals surface area contributed by atoms with Crippen LogP contribution in [0.3, 0.4) is 0 Å². The lowest BCUT2D eigenvalue weighted by molar-refractivity contribution is -0.0381. The predicted octanol–water partition coefficient (Wildman–Crippen LogP) is 1.84. The van der Waals surface area contributed by atoms with Crippen LogP contribution in [0.15, 0.2) is 40.3 Å². The molecule has 1 aliphatic carbocycles. The lowest BCUT2D eigenvalue weighted by Gasteiger charge is -2.35. The van der Waals surface area contributed by atoms with Crippen molar-refractivity contribution in [1.29, 1.82) is 0 Å². The zero-order chi connectivity index (χ0) is 19.2. The van der Waals surface area contributed by atoms with Crippen molar-refractivity contribution < 1.29 is 14.6 Å². The van der Waals surface area contributed by atoms with Crippen LogP contribution in [0.2, 0.25) is 0 Å². The molecule has 0 saturated heterocycles. The van der Waals surface area contributed by atoms with Crippen molar-refractivity contribution in [3.8, 4) is 5.88 Å². The second kappa shape index (κ2) is 8.79. The molecular weight excluding hydrogens is 346 g/mol. The van der Waals surface area contributed by atoms with Crippen LogP contribution in [0, 0.1) is 0 Å². The Labute approximate surface area is 158 Å². The number of nitrogens with two attached hydrogens (primary N) is 1. The topological polar surface area (TPSA) is 107 Å². The van der Waals surface area contributed by atoms with Gasteiger partial charge in [0.25, 0.3) is 0 Å². The van der Waals surface area contributed by atoms with Gasteiger partial charge in [0.2, 0.25) is 5.88 Å². The number of aliphatic hydroxyl groups excluding tert-OH is 1. The van der Waals surface area contributed by atoms with Gasteiger partial charge in [-0.05, 0) is 25.1 Å². The average molecular weight is 371 g/mol. The van der Waals surface area contributed by atoms with Crippen molar-refractivity contribution in [1.82, 2.24) is 9.78 Å². The zero-order valence-electron chi connectivity index (χ0n) is 15.4. The highest BCUT2D eigenvalue weighted by molar-refractivity contribution is 6.03. The van der Waals surface area contributed by atoms with Crippen LogP contribution in [0.5, 0.6) is 5.88 Å². The van der Waals surface area contributed by atoms with Crippen LogP contribution < -0.4 is 10.5 Å². The lowest BCUT2D eigenvalue weighted by atomic mass is 9.89. The fourth-order valence-electron chi connectivity index (χ4n) is 3.05. The molecule has 27 heavy (non-hydrogen) atoms. The van der Waals surface area contributed by atoms with Gasteiger partial charge in [-0.25, -0.2) is 9.67 Å². The highest BCUT2D eigenvalue weighted by Crippen LogP contribution is 2.40. The van der Waals surface area contributed by atoms with Crippen LogP contribution in [0.4, 0.5) is 5.82 Å². The Morgan fingerprint density at radius 2 is 2.11 bits per heavy atom. The van der Waals surface area contributed by atoms with Crippen LogP contribution in [-0.4, -0.2) is 53.8 Å². The fraction of sp³-hybridized carbons (Fsp3) is 0.421. The molecule has 0 amide bonds. The fourth-order valence-corrected chi connectivity index (χ4v) is 3.05. The summed E-state index contributed by atoms with van der Waals surface area (Å²) in [6, 6.07) is 10.2. The molecule has 0 unspecified atom stereocenters. The Bertz CT molecular complexity index is 797. The van der Waals surface area contributed by atoms with E-state index in [0.717, 1.165) is 18.4 Å². The number of amidine groups is 1. The molecule has 144 valence electrons.